The van der Waals surface area contributed by atoms with E-state index in [1.165, 1.54) is 51.4 Å². The molecule has 0 aliphatic carbocycles. The topological polar surface area (TPSA) is 119 Å². The first-order chi connectivity index (χ1) is 23.3. The third-order valence-electron chi connectivity index (χ3n) is 7.52. The van der Waals surface area contributed by atoms with Crippen LogP contribution in [0.4, 0.5) is 0 Å². The molecule has 8 nitrogen and oxygen atoms in total. The molecule has 0 amide bonds. The molecule has 0 rings (SSSR count). The van der Waals surface area contributed by atoms with Crippen LogP contribution < -0.4 is 0 Å². The highest BCUT2D eigenvalue weighted by Gasteiger charge is 2.22. The minimum absolute atomic E-state index is 0.195. The van der Waals surface area contributed by atoms with Crippen LogP contribution in [0, 0.1) is 0 Å². The van der Waals surface area contributed by atoms with Crippen molar-refractivity contribution in [1.82, 2.24) is 0 Å². The minimum Gasteiger partial charge on any atom is -0.462 e. The molecule has 0 aromatic rings. The van der Waals surface area contributed by atoms with Gasteiger partial charge >= 0.3 is 19.8 Å². The van der Waals surface area contributed by atoms with E-state index in [1.807, 2.05) is 0 Å². The highest BCUT2D eigenvalue weighted by atomic mass is 31.2. The predicted octanol–water partition coefficient (Wildman–Crippen LogP) is 11.0. The molecule has 1 atom stereocenters. The summed E-state index contributed by atoms with van der Waals surface area (Å²) in [6, 6.07) is 0. The number of rotatable bonds is 33. The molecule has 0 spiro atoms. The molecule has 0 saturated heterocycles. The highest BCUT2D eigenvalue weighted by Crippen LogP contribution is 2.36. The van der Waals surface area contributed by atoms with Crippen LogP contribution in [0.25, 0.3) is 0 Å². The average molecular weight is 695 g/mol. The Morgan fingerprint density at radius 2 is 1.00 bits per heavy atom. The summed E-state index contributed by atoms with van der Waals surface area (Å²) >= 11 is 0. The summed E-state index contributed by atoms with van der Waals surface area (Å²) in [7, 11) is -4.76. The van der Waals surface area contributed by atoms with Crippen molar-refractivity contribution >= 4 is 19.8 Å². The van der Waals surface area contributed by atoms with Gasteiger partial charge in [0.25, 0.3) is 0 Å². The second-order valence-electron chi connectivity index (χ2n) is 12.2. The maximum Gasteiger partial charge on any atom is 0.469 e. The Morgan fingerprint density at radius 3 is 1.56 bits per heavy atom. The van der Waals surface area contributed by atoms with Gasteiger partial charge in [-0.25, -0.2) is 4.57 Å². The molecular formula is C39H67O8P. The third kappa shape index (κ3) is 36.6. The number of ether oxygens (including phenoxy) is 2. The molecule has 0 aliphatic heterocycles. The Bertz CT molecular complexity index is 963. The summed E-state index contributed by atoms with van der Waals surface area (Å²) in [4.78, 5) is 42.7. The van der Waals surface area contributed by atoms with Gasteiger partial charge in [0.05, 0.1) is 6.61 Å². The zero-order valence-electron chi connectivity index (χ0n) is 30.1. The lowest BCUT2D eigenvalue weighted by molar-refractivity contribution is -0.161. The number of carbonyl (C=O) groups excluding carboxylic acids is 2. The van der Waals surface area contributed by atoms with Gasteiger partial charge in [-0.05, 0) is 77.0 Å². The standard InChI is InChI=1S/C39H67O8P/c1-3-5-7-9-11-13-15-17-19-21-23-25-27-29-31-33-38(40)45-35-37(36-46-48(42,43)44)47-39(41)34-32-30-28-26-24-22-20-18-16-14-12-10-8-6-4-2/h5,7,11,13-14,16-17,19,23,25,37H,3-4,6,8-10,12,15,18,20-22,24,26-36H2,1-2H3,(H2,42,43,44)/b7-5+,13-11+,16-14+,19-17+,25-23+/t37-/m1/s1. The maximum absolute atomic E-state index is 12.4. The first-order valence-electron chi connectivity index (χ1n) is 18.6. The lowest BCUT2D eigenvalue weighted by atomic mass is 10.1. The van der Waals surface area contributed by atoms with Gasteiger partial charge in [-0.2, -0.15) is 0 Å². The number of unbranched alkanes of at least 4 members (excludes halogenated alkanes) is 13. The number of carbonyl (C=O) groups is 2. The zero-order chi connectivity index (χ0) is 35.4. The van der Waals surface area contributed by atoms with Crippen LogP contribution in [-0.4, -0.2) is 41.0 Å². The van der Waals surface area contributed by atoms with Gasteiger partial charge in [-0.1, -0.05) is 126 Å². The Kier molecular flexibility index (Phi) is 33.0. The van der Waals surface area contributed by atoms with Crippen molar-refractivity contribution in [3.05, 3.63) is 60.8 Å². The van der Waals surface area contributed by atoms with E-state index in [0.717, 1.165) is 64.2 Å². The molecule has 0 fully saturated rings. The lowest BCUT2D eigenvalue weighted by Crippen LogP contribution is -2.29. The summed E-state index contributed by atoms with van der Waals surface area (Å²) in [5, 5.41) is 0. The number of hydrogen-bond acceptors (Lipinski definition) is 6. The second-order valence-corrected chi connectivity index (χ2v) is 13.4. The number of hydrogen-bond donors (Lipinski definition) is 2. The summed E-state index contributed by atoms with van der Waals surface area (Å²) in [6.45, 7) is 3.50. The smallest absolute Gasteiger partial charge is 0.462 e. The quantitative estimate of drug-likeness (QED) is 0.0301. The van der Waals surface area contributed by atoms with Crippen LogP contribution in [0.5, 0.6) is 0 Å². The minimum atomic E-state index is -4.76. The van der Waals surface area contributed by atoms with Crippen LogP contribution >= 0.6 is 7.82 Å². The maximum atomic E-state index is 12.4. The number of allylic oxidation sites excluding steroid dienone is 10. The SMILES string of the molecule is CC/C=C/C/C=C/C/C=C/C/C=C/CCCCC(=O)OC[C@H](COP(=O)(O)O)OC(=O)CCCCCCCCC/C=C/CCCCCC. The van der Waals surface area contributed by atoms with Crippen molar-refractivity contribution in [1.29, 1.82) is 0 Å². The van der Waals surface area contributed by atoms with Crippen molar-refractivity contribution in [2.75, 3.05) is 13.2 Å². The number of esters is 2. The number of phosphoric ester groups is 1. The fraction of sp³-hybridized carbons (Fsp3) is 0.692. The van der Waals surface area contributed by atoms with E-state index in [-0.39, 0.29) is 19.4 Å². The van der Waals surface area contributed by atoms with Gasteiger partial charge in [-0.15, -0.1) is 0 Å². The molecule has 276 valence electrons. The second kappa shape index (κ2) is 34.6. The molecular weight excluding hydrogens is 627 g/mol. The van der Waals surface area contributed by atoms with Crippen LogP contribution in [0.2, 0.25) is 0 Å². The van der Waals surface area contributed by atoms with Crippen LogP contribution in [-0.2, 0) is 28.2 Å². The van der Waals surface area contributed by atoms with E-state index in [2.05, 4.69) is 79.1 Å². The fourth-order valence-electron chi connectivity index (χ4n) is 4.77. The molecule has 9 heteroatoms. The largest absolute Gasteiger partial charge is 0.469 e. The van der Waals surface area contributed by atoms with Crippen LogP contribution in [0.15, 0.2) is 60.8 Å². The lowest BCUT2D eigenvalue weighted by Gasteiger charge is -2.18. The molecule has 0 bridgehead atoms. The Labute approximate surface area is 292 Å². The van der Waals surface area contributed by atoms with Crippen molar-refractivity contribution < 1.29 is 37.9 Å². The van der Waals surface area contributed by atoms with E-state index in [9.17, 15) is 14.2 Å². The van der Waals surface area contributed by atoms with Gasteiger partial charge in [0, 0.05) is 12.8 Å². The van der Waals surface area contributed by atoms with E-state index in [4.69, 9.17) is 19.3 Å². The monoisotopic (exact) mass is 694 g/mol. The summed E-state index contributed by atoms with van der Waals surface area (Å²) in [5.74, 6) is -0.944. The molecule has 0 saturated carbocycles. The predicted molar refractivity (Wildman–Crippen MR) is 197 cm³/mol. The highest BCUT2D eigenvalue weighted by molar-refractivity contribution is 7.46. The fourth-order valence-corrected chi connectivity index (χ4v) is 5.13. The van der Waals surface area contributed by atoms with Crippen molar-refractivity contribution in [3.8, 4) is 0 Å². The molecule has 0 aromatic carbocycles. The van der Waals surface area contributed by atoms with Gasteiger partial charge in [0.2, 0.25) is 0 Å². The van der Waals surface area contributed by atoms with Crippen LogP contribution in [0.1, 0.15) is 155 Å². The molecule has 0 unspecified atom stereocenters. The number of phosphoric acid groups is 1. The zero-order valence-corrected chi connectivity index (χ0v) is 31.0. The van der Waals surface area contributed by atoms with Gasteiger partial charge in [0.1, 0.15) is 6.61 Å². The van der Waals surface area contributed by atoms with Crippen molar-refractivity contribution in [3.63, 3.8) is 0 Å². The Balaban J connectivity index is 4.06. The van der Waals surface area contributed by atoms with Crippen molar-refractivity contribution in [2.24, 2.45) is 0 Å². The molecule has 0 radical (unpaired) electrons. The van der Waals surface area contributed by atoms with E-state index in [0.29, 0.717) is 12.8 Å². The molecule has 48 heavy (non-hydrogen) atoms. The van der Waals surface area contributed by atoms with Gasteiger partial charge in [0.15, 0.2) is 6.10 Å². The first-order valence-corrected chi connectivity index (χ1v) is 20.1. The summed E-state index contributed by atoms with van der Waals surface area (Å²) < 4.78 is 26.3. The van der Waals surface area contributed by atoms with Gasteiger partial charge in [-0.3, -0.25) is 14.1 Å². The van der Waals surface area contributed by atoms with E-state index in [1.54, 1.807) is 0 Å². The first kappa shape index (κ1) is 45.8. The van der Waals surface area contributed by atoms with Crippen molar-refractivity contribution in [2.45, 2.75) is 161 Å². The molecule has 0 aromatic heterocycles. The van der Waals surface area contributed by atoms with E-state index < -0.39 is 32.5 Å². The molecule has 2 N–H and O–H groups in total. The molecule has 0 aliphatic rings. The summed E-state index contributed by atoms with van der Waals surface area (Å²) in [6.07, 6.45) is 42.3. The average Bonchev–Trinajstić information content (AvgIpc) is 3.05. The van der Waals surface area contributed by atoms with Crippen LogP contribution in [0.3, 0.4) is 0 Å². The molecule has 0 heterocycles. The van der Waals surface area contributed by atoms with E-state index >= 15 is 0 Å². The Hall–Kier alpha value is -2.25. The Morgan fingerprint density at radius 1 is 0.562 bits per heavy atom. The normalized spacial score (nSPS) is 13.2. The van der Waals surface area contributed by atoms with Gasteiger partial charge < -0.3 is 19.3 Å². The summed E-state index contributed by atoms with van der Waals surface area (Å²) in [5.41, 5.74) is 0. The third-order valence-corrected chi connectivity index (χ3v) is 8.01.